The molecule has 2 aromatic rings. The molecule has 3 rings (SSSR count). The van der Waals surface area contributed by atoms with Gasteiger partial charge in [0.1, 0.15) is 15.9 Å². The van der Waals surface area contributed by atoms with Crippen molar-refractivity contribution in [1.82, 2.24) is 24.2 Å². The van der Waals surface area contributed by atoms with E-state index in [2.05, 4.69) is 10.1 Å². The second-order valence-corrected chi connectivity index (χ2v) is 7.69. The molecule has 7 nitrogen and oxygen atoms in total. The van der Waals surface area contributed by atoms with Gasteiger partial charge in [0.25, 0.3) is 5.91 Å². The van der Waals surface area contributed by atoms with E-state index < -0.39 is 0 Å². The van der Waals surface area contributed by atoms with Crippen LogP contribution < -0.4 is 5.69 Å². The molecule has 3 heterocycles. The average molecular weight is 368 g/mol. The van der Waals surface area contributed by atoms with Gasteiger partial charge in [0.15, 0.2) is 0 Å². The second-order valence-electron chi connectivity index (χ2n) is 5.78. The molecule has 1 saturated heterocycles. The zero-order chi connectivity index (χ0) is 17.3. The van der Waals surface area contributed by atoms with Gasteiger partial charge in [-0.2, -0.15) is 5.10 Å². The minimum atomic E-state index is -0.0712. The van der Waals surface area contributed by atoms with Crippen molar-refractivity contribution in [3.8, 4) is 0 Å². The number of carbonyl (C=O) groups excluding carboxylic acids is 1. The Balaban J connectivity index is 1.68. The summed E-state index contributed by atoms with van der Waals surface area (Å²) >= 11 is 3.05. The summed E-state index contributed by atoms with van der Waals surface area (Å²) in [6, 6.07) is 0. The van der Waals surface area contributed by atoms with E-state index in [9.17, 15) is 9.59 Å². The van der Waals surface area contributed by atoms with Crippen molar-refractivity contribution in [2.24, 2.45) is 7.05 Å². The number of rotatable bonds is 4. The van der Waals surface area contributed by atoms with Crippen LogP contribution in [0.15, 0.2) is 14.5 Å². The molecule has 0 atom stereocenters. The molecular formula is C15H21N5O2S2. The third kappa shape index (κ3) is 3.14. The Morgan fingerprint density at radius 2 is 2.12 bits per heavy atom. The highest BCUT2D eigenvalue weighted by molar-refractivity contribution is 8.00. The number of amides is 1. The number of aromatic nitrogens is 4. The summed E-state index contributed by atoms with van der Waals surface area (Å²) in [5.74, 6) is 1.06. The predicted molar refractivity (Wildman–Crippen MR) is 94.9 cm³/mol. The molecule has 0 radical (unpaired) electrons. The first kappa shape index (κ1) is 17.2. The molecule has 0 spiro atoms. The molecule has 0 N–H and O–H groups in total. The quantitative estimate of drug-likeness (QED) is 0.771. The van der Waals surface area contributed by atoms with Crippen molar-refractivity contribution in [3.63, 3.8) is 0 Å². The molecule has 9 heteroatoms. The topological polar surface area (TPSA) is 73.0 Å². The van der Waals surface area contributed by atoms with E-state index in [4.69, 9.17) is 0 Å². The van der Waals surface area contributed by atoms with Gasteiger partial charge < -0.3 is 4.90 Å². The molecule has 1 amide bonds. The number of hydrogen-bond acceptors (Lipinski definition) is 6. The normalized spacial score (nSPS) is 15.9. The van der Waals surface area contributed by atoms with Gasteiger partial charge in [-0.1, -0.05) is 11.8 Å². The van der Waals surface area contributed by atoms with Gasteiger partial charge >= 0.3 is 5.69 Å². The Labute approximate surface area is 148 Å². The second kappa shape index (κ2) is 7.10. The Bertz CT molecular complexity index is 786. The van der Waals surface area contributed by atoms with E-state index in [-0.39, 0.29) is 17.5 Å². The van der Waals surface area contributed by atoms with E-state index in [1.165, 1.54) is 16.0 Å². The average Bonchev–Trinajstić information content (AvgIpc) is 3.20. The number of thiazole rings is 1. The molecule has 0 aromatic carbocycles. The lowest BCUT2D eigenvalue weighted by Crippen LogP contribution is -2.38. The molecule has 1 aliphatic rings. The van der Waals surface area contributed by atoms with E-state index in [0.717, 1.165) is 23.0 Å². The van der Waals surface area contributed by atoms with Gasteiger partial charge in [0.05, 0.1) is 0 Å². The van der Waals surface area contributed by atoms with Crippen LogP contribution in [0.3, 0.4) is 0 Å². The fraction of sp³-hybridized carbons (Fsp3) is 0.600. The monoisotopic (exact) mass is 367 g/mol. The third-order valence-electron chi connectivity index (χ3n) is 4.38. The van der Waals surface area contributed by atoms with Crippen LogP contribution in [0.1, 0.15) is 42.0 Å². The Morgan fingerprint density at radius 3 is 2.71 bits per heavy atom. The highest BCUT2D eigenvalue weighted by Crippen LogP contribution is 2.28. The van der Waals surface area contributed by atoms with Crippen LogP contribution in [-0.4, -0.2) is 49.5 Å². The van der Waals surface area contributed by atoms with Crippen LogP contribution >= 0.6 is 23.1 Å². The fourth-order valence-corrected chi connectivity index (χ4v) is 4.31. The van der Waals surface area contributed by atoms with Crippen LogP contribution in [-0.2, 0) is 13.6 Å². The molecule has 130 valence electrons. The number of thioether (sulfide) groups is 1. The number of likely N-dealkylation sites (tertiary alicyclic amines) is 1. The molecule has 0 bridgehead atoms. The number of aryl methyl sites for hydroxylation is 1. The SMILES string of the molecule is CCn1c(C2CCN(C(=O)c3csc(SC)n3)CC2)nn(C)c1=O. The summed E-state index contributed by atoms with van der Waals surface area (Å²) in [4.78, 5) is 30.8. The minimum Gasteiger partial charge on any atom is -0.337 e. The van der Waals surface area contributed by atoms with Gasteiger partial charge in [-0.25, -0.2) is 14.5 Å². The summed E-state index contributed by atoms with van der Waals surface area (Å²) in [6.07, 6.45) is 3.60. The Hall–Kier alpha value is -1.61. The predicted octanol–water partition coefficient (Wildman–Crippen LogP) is 1.80. The first-order valence-electron chi connectivity index (χ1n) is 7.97. The lowest BCUT2D eigenvalue weighted by Gasteiger charge is -2.31. The van der Waals surface area contributed by atoms with Crippen molar-refractivity contribution < 1.29 is 4.79 Å². The minimum absolute atomic E-state index is 0.00102. The maximum atomic E-state index is 12.5. The third-order valence-corrected chi connectivity index (χ3v) is 6.24. The number of hydrogen-bond donors (Lipinski definition) is 0. The zero-order valence-corrected chi connectivity index (χ0v) is 15.7. The molecule has 0 aliphatic carbocycles. The van der Waals surface area contributed by atoms with Crippen LogP contribution in [0.4, 0.5) is 0 Å². The zero-order valence-electron chi connectivity index (χ0n) is 14.1. The van der Waals surface area contributed by atoms with Gasteiger partial charge in [-0.3, -0.25) is 9.36 Å². The van der Waals surface area contributed by atoms with E-state index in [0.29, 0.717) is 25.3 Å². The lowest BCUT2D eigenvalue weighted by atomic mass is 9.95. The molecule has 1 aliphatic heterocycles. The van der Waals surface area contributed by atoms with Crippen LogP contribution in [0.2, 0.25) is 0 Å². The van der Waals surface area contributed by atoms with Crippen LogP contribution in [0.5, 0.6) is 0 Å². The van der Waals surface area contributed by atoms with E-state index in [1.54, 1.807) is 23.4 Å². The first-order valence-corrected chi connectivity index (χ1v) is 10.1. The molecule has 1 fully saturated rings. The summed E-state index contributed by atoms with van der Waals surface area (Å²) in [5, 5.41) is 6.22. The number of piperidine rings is 1. The maximum absolute atomic E-state index is 12.5. The smallest absolute Gasteiger partial charge is 0.337 e. The van der Waals surface area contributed by atoms with E-state index in [1.807, 2.05) is 23.5 Å². The Kier molecular flexibility index (Phi) is 5.09. The van der Waals surface area contributed by atoms with Gasteiger partial charge in [0, 0.05) is 38.0 Å². The molecule has 0 saturated carbocycles. The highest BCUT2D eigenvalue weighted by atomic mass is 32.2. The standard InChI is InChI=1S/C15H21N5O2S2/c1-4-20-12(17-18(2)15(20)22)10-5-7-19(8-6-10)13(21)11-9-24-14(16-11)23-3/h9-10H,4-8H2,1-3H3. The van der Waals surface area contributed by atoms with Gasteiger partial charge in [0.2, 0.25) is 0 Å². The van der Waals surface area contributed by atoms with E-state index >= 15 is 0 Å². The van der Waals surface area contributed by atoms with Gasteiger partial charge in [-0.05, 0) is 26.0 Å². The molecular weight excluding hydrogens is 346 g/mol. The summed E-state index contributed by atoms with van der Waals surface area (Å²) in [5.41, 5.74) is 0.462. The van der Waals surface area contributed by atoms with Crippen molar-refractivity contribution in [2.45, 2.75) is 36.6 Å². The number of nitrogens with zero attached hydrogens (tertiary/aromatic N) is 5. The number of carbonyl (C=O) groups is 1. The largest absolute Gasteiger partial charge is 0.345 e. The molecule has 24 heavy (non-hydrogen) atoms. The fourth-order valence-electron chi connectivity index (χ4n) is 3.07. The van der Waals surface area contributed by atoms with Crippen LogP contribution in [0.25, 0.3) is 0 Å². The maximum Gasteiger partial charge on any atom is 0.345 e. The Morgan fingerprint density at radius 1 is 1.42 bits per heavy atom. The highest BCUT2D eigenvalue weighted by Gasteiger charge is 2.29. The summed E-state index contributed by atoms with van der Waals surface area (Å²) in [7, 11) is 1.68. The lowest BCUT2D eigenvalue weighted by molar-refractivity contribution is 0.0704. The summed E-state index contributed by atoms with van der Waals surface area (Å²) < 4.78 is 4.04. The molecule has 0 unspecified atom stereocenters. The van der Waals surface area contributed by atoms with Gasteiger partial charge in [-0.15, -0.1) is 11.3 Å². The van der Waals surface area contributed by atoms with Crippen LogP contribution in [0, 0.1) is 0 Å². The molecule has 2 aromatic heterocycles. The first-order chi connectivity index (χ1) is 11.5. The van der Waals surface area contributed by atoms with Crippen molar-refractivity contribution in [1.29, 1.82) is 0 Å². The van der Waals surface area contributed by atoms with Crippen molar-refractivity contribution in [3.05, 3.63) is 27.4 Å². The van der Waals surface area contributed by atoms with Crippen molar-refractivity contribution in [2.75, 3.05) is 19.3 Å². The van der Waals surface area contributed by atoms with Crippen molar-refractivity contribution >= 4 is 29.0 Å². The summed E-state index contributed by atoms with van der Waals surface area (Å²) in [6.45, 7) is 3.92.